The highest BCUT2D eigenvalue weighted by molar-refractivity contribution is 7.82. The van der Waals surface area contributed by atoms with E-state index in [0.717, 1.165) is 5.75 Å². The molecule has 0 fully saturated rings. The summed E-state index contributed by atoms with van der Waals surface area (Å²) in [7, 11) is 1.59. The lowest BCUT2D eigenvalue weighted by atomic mass is 10.3. The average Bonchev–Trinajstić information content (AvgIpc) is 2.36. The van der Waals surface area contributed by atoms with Crippen LogP contribution in [0.25, 0.3) is 0 Å². The Bertz CT molecular complexity index is 415. The second-order valence-corrected chi connectivity index (χ2v) is 3.59. The van der Waals surface area contributed by atoms with E-state index < -0.39 is 0 Å². The summed E-state index contributed by atoms with van der Waals surface area (Å²) in [4.78, 5) is 11.7. The van der Waals surface area contributed by atoms with E-state index in [9.17, 15) is 4.79 Å². The predicted molar refractivity (Wildman–Crippen MR) is 72.4 cm³/mol. The van der Waals surface area contributed by atoms with E-state index >= 15 is 0 Å². The number of rotatable bonds is 4. The number of anilines is 1. The Morgan fingerprint density at radius 3 is 2.65 bits per heavy atom. The SMILES string of the molecule is C=CCNC(=S)C(=O)Nc1ccc(OC)cc1. The van der Waals surface area contributed by atoms with Crippen molar-refractivity contribution in [1.82, 2.24) is 5.32 Å². The standard InChI is InChI=1S/C12H14N2O2S/c1-3-8-13-12(17)11(15)14-9-4-6-10(16-2)7-5-9/h3-7H,1,8H2,2H3,(H,13,17)(H,14,15). The van der Waals surface area contributed by atoms with Crippen LogP contribution in [-0.2, 0) is 4.79 Å². The van der Waals surface area contributed by atoms with E-state index in [1.807, 2.05) is 0 Å². The zero-order valence-corrected chi connectivity index (χ0v) is 10.3. The van der Waals surface area contributed by atoms with E-state index in [4.69, 9.17) is 17.0 Å². The summed E-state index contributed by atoms with van der Waals surface area (Å²) in [6.07, 6.45) is 1.63. The lowest BCUT2D eigenvalue weighted by Gasteiger charge is -2.07. The van der Waals surface area contributed by atoms with Crippen molar-refractivity contribution in [1.29, 1.82) is 0 Å². The Labute approximate surface area is 106 Å². The van der Waals surface area contributed by atoms with E-state index in [2.05, 4.69) is 17.2 Å². The highest BCUT2D eigenvalue weighted by atomic mass is 32.1. The topological polar surface area (TPSA) is 50.4 Å². The molecule has 90 valence electrons. The zero-order chi connectivity index (χ0) is 12.7. The molecule has 0 aliphatic rings. The van der Waals surface area contributed by atoms with Crippen molar-refractivity contribution >= 4 is 28.8 Å². The largest absolute Gasteiger partial charge is 0.497 e. The van der Waals surface area contributed by atoms with Crippen LogP contribution in [-0.4, -0.2) is 24.6 Å². The van der Waals surface area contributed by atoms with Gasteiger partial charge in [-0.15, -0.1) is 6.58 Å². The monoisotopic (exact) mass is 250 g/mol. The van der Waals surface area contributed by atoms with Crippen LogP contribution in [0.15, 0.2) is 36.9 Å². The lowest BCUT2D eigenvalue weighted by Crippen LogP contribution is -2.33. The number of nitrogens with one attached hydrogen (secondary N) is 2. The van der Waals surface area contributed by atoms with E-state index in [-0.39, 0.29) is 10.9 Å². The Morgan fingerprint density at radius 1 is 1.47 bits per heavy atom. The fourth-order valence-corrected chi connectivity index (χ4v) is 1.24. The number of thiocarbonyl (C=S) groups is 1. The highest BCUT2D eigenvalue weighted by Crippen LogP contribution is 2.14. The van der Waals surface area contributed by atoms with Crippen molar-refractivity contribution in [3.05, 3.63) is 36.9 Å². The first-order valence-corrected chi connectivity index (χ1v) is 5.42. The van der Waals surface area contributed by atoms with Crippen molar-refractivity contribution in [2.24, 2.45) is 0 Å². The maximum absolute atomic E-state index is 11.6. The zero-order valence-electron chi connectivity index (χ0n) is 9.53. The first-order valence-electron chi connectivity index (χ1n) is 5.01. The smallest absolute Gasteiger partial charge is 0.283 e. The molecule has 0 saturated heterocycles. The summed E-state index contributed by atoms with van der Waals surface area (Å²) in [5.41, 5.74) is 0.665. The molecule has 0 spiro atoms. The summed E-state index contributed by atoms with van der Waals surface area (Å²) in [6.45, 7) is 3.99. The number of ether oxygens (including phenoxy) is 1. The average molecular weight is 250 g/mol. The van der Waals surface area contributed by atoms with Crippen LogP contribution >= 0.6 is 12.2 Å². The van der Waals surface area contributed by atoms with E-state index in [0.29, 0.717) is 12.2 Å². The molecule has 0 heterocycles. The van der Waals surface area contributed by atoms with Gasteiger partial charge in [0.05, 0.1) is 7.11 Å². The molecule has 5 heteroatoms. The number of hydrogen-bond acceptors (Lipinski definition) is 3. The van der Waals surface area contributed by atoms with Gasteiger partial charge in [-0.3, -0.25) is 4.79 Å². The quantitative estimate of drug-likeness (QED) is 0.631. The molecule has 1 rings (SSSR count). The van der Waals surface area contributed by atoms with Crippen LogP contribution in [0.4, 0.5) is 5.69 Å². The molecule has 1 amide bonds. The third kappa shape index (κ3) is 4.24. The molecule has 4 nitrogen and oxygen atoms in total. The van der Waals surface area contributed by atoms with Gasteiger partial charge in [-0.1, -0.05) is 18.3 Å². The molecular formula is C12H14N2O2S. The van der Waals surface area contributed by atoms with Gasteiger partial charge in [0.2, 0.25) is 0 Å². The first kappa shape index (κ1) is 13.2. The molecule has 0 aliphatic carbocycles. The molecule has 0 aromatic heterocycles. The minimum Gasteiger partial charge on any atom is -0.497 e. The highest BCUT2D eigenvalue weighted by Gasteiger charge is 2.07. The maximum atomic E-state index is 11.6. The molecular weight excluding hydrogens is 236 g/mol. The molecule has 0 saturated carbocycles. The Hall–Kier alpha value is -1.88. The second-order valence-electron chi connectivity index (χ2n) is 3.18. The molecule has 0 unspecified atom stereocenters. The number of methoxy groups -OCH3 is 1. The number of benzene rings is 1. The normalized spacial score (nSPS) is 9.24. The molecule has 17 heavy (non-hydrogen) atoms. The first-order chi connectivity index (χ1) is 8.17. The predicted octanol–water partition coefficient (Wildman–Crippen LogP) is 1.74. The van der Waals surface area contributed by atoms with Crippen molar-refractivity contribution < 1.29 is 9.53 Å². The summed E-state index contributed by atoms with van der Waals surface area (Å²) in [5.74, 6) is 0.391. The third-order valence-electron chi connectivity index (χ3n) is 1.96. The van der Waals surface area contributed by atoms with E-state index in [1.54, 1.807) is 37.5 Å². The molecule has 1 aromatic carbocycles. The van der Waals surface area contributed by atoms with Crippen LogP contribution in [0.1, 0.15) is 0 Å². The molecule has 0 radical (unpaired) electrons. The molecule has 0 bridgehead atoms. The van der Waals surface area contributed by atoms with Crippen molar-refractivity contribution in [2.75, 3.05) is 19.0 Å². The fraction of sp³-hybridized carbons (Fsp3) is 0.167. The summed E-state index contributed by atoms with van der Waals surface area (Å²) < 4.78 is 5.01. The number of amides is 1. The second kappa shape index (κ2) is 6.65. The fourth-order valence-electron chi connectivity index (χ4n) is 1.11. The van der Waals surface area contributed by atoms with Gasteiger partial charge < -0.3 is 15.4 Å². The third-order valence-corrected chi connectivity index (χ3v) is 2.29. The van der Waals surface area contributed by atoms with Crippen LogP contribution in [0.5, 0.6) is 5.75 Å². The number of carbonyl (C=O) groups is 1. The minimum absolute atomic E-state index is 0.140. The molecule has 2 N–H and O–H groups in total. The van der Waals surface area contributed by atoms with Gasteiger partial charge in [-0.05, 0) is 24.3 Å². The number of carbonyl (C=O) groups excluding carboxylic acids is 1. The minimum atomic E-state index is -0.341. The molecule has 1 aromatic rings. The summed E-state index contributed by atoms with van der Waals surface area (Å²) >= 11 is 4.89. The van der Waals surface area contributed by atoms with Gasteiger partial charge in [0.25, 0.3) is 5.91 Å². The van der Waals surface area contributed by atoms with Crippen LogP contribution < -0.4 is 15.4 Å². The Morgan fingerprint density at radius 2 is 2.12 bits per heavy atom. The van der Waals surface area contributed by atoms with Crippen LogP contribution in [0, 0.1) is 0 Å². The van der Waals surface area contributed by atoms with Gasteiger partial charge in [0.15, 0.2) is 4.99 Å². The van der Waals surface area contributed by atoms with Crippen LogP contribution in [0.3, 0.4) is 0 Å². The summed E-state index contributed by atoms with van der Waals surface area (Å²) in [6, 6.07) is 7.01. The van der Waals surface area contributed by atoms with Crippen molar-refractivity contribution in [3.63, 3.8) is 0 Å². The Kier molecular flexibility index (Phi) is 5.16. The maximum Gasteiger partial charge on any atom is 0.283 e. The van der Waals surface area contributed by atoms with Gasteiger partial charge in [0, 0.05) is 12.2 Å². The number of hydrogen-bond donors (Lipinski definition) is 2. The van der Waals surface area contributed by atoms with Crippen molar-refractivity contribution in [2.45, 2.75) is 0 Å². The van der Waals surface area contributed by atoms with Gasteiger partial charge in [0.1, 0.15) is 5.75 Å². The van der Waals surface area contributed by atoms with Crippen molar-refractivity contribution in [3.8, 4) is 5.75 Å². The van der Waals surface area contributed by atoms with Gasteiger partial charge in [-0.2, -0.15) is 0 Å². The lowest BCUT2D eigenvalue weighted by molar-refractivity contribution is -0.110. The van der Waals surface area contributed by atoms with Gasteiger partial charge >= 0.3 is 0 Å². The Balaban J connectivity index is 2.55. The van der Waals surface area contributed by atoms with E-state index in [1.165, 1.54) is 0 Å². The van der Waals surface area contributed by atoms with Gasteiger partial charge in [-0.25, -0.2) is 0 Å². The molecule has 0 aliphatic heterocycles. The molecule has 0 atom stereocenters. The van der Waals surface area contributed by atoms with Crippen LogP contribution in [0.2, 0.25) is 0 Å². The summed E-state index contributed by atoms with van der Waals surface area (Å²) in [5, 5.41) is 5.42.